The molecule has 0 aliphatic heterocycles. The van der Waals surface area contributed by atoms with E-state index >= 15 is 0 Å². The maximum absolute atomic E-state index is 4.17. The van der Waals surface area contributed by atoms with Gasteiger partial charge in [0.25, 0.3) is 0 Å². The molecule has 0 radical (unpaired) electrons. The molecule has 108 valence electrons. The van der Waals surface area contributed by atoms with Gasteiger partial charge in [0.15, 0.2) is 0 Å². The summed E-state index contributed by atoms with van der Waals surface area (Å²) in [6.07, 6.45) is 9.65. The monoisotopic (exact) mass is 270 g/mol. The first-order chi connectivity index (χ1) is 9.72. The van der Waals surface area contributed by atoms with Crippen LogP contribution in [0.3, 0.4) is 0 Å². The molecule has 0 N–H and O–H groups in total. The van der Waals surface area contributed by atoms with E-state index in [9.17, 15) is 0 Å². The molecule has 2 heteroatoms. The molecule has 0 amide bonds. The van der Waals surface area contributed by atoms with Crippen LogP contribution in [0, 0.1) is 0 Å². The molecule has 0 spiro atoms. The SMILES string of the molecule is CCCCC(Cn1ccnc1)c1ccccc1C(C)C. The topological polar surface area (TPSA) is 17.8 Å². The van der Waals surface area contributed by atoms with Crippen LogP contribution in [0.1, 0.15) is 63.0 Å². The van der Waals surface area contributed by atoms with Crippen molar-refractivity contribution in [2.75, 3.05) is 0 Å². The number of benzene rings is 1. The number of hydrogen-bond donors (Lipinski definition) is 0. The summed E-state index contributed by atoms with van der Waals surface area (Å²) in [5.41, 5.74) is 3.01. The minimum atomic E-state index is 0.582. The van der Waals surface area contributed by atoms with E-state index in [4.69, 9.17) is 0 Å². The first-order valence-corrected chi connectivity index (χ1v) is 7.77. The largest absolute Gasteiger partial charge is 0.337 e. The summed E-state index contributed by atoms with van der Waals surface area (Å²) in [5.74, 6) is 1.17. The van der Waals surface area contributed by atoms with Gasteiger partial charge in [-0.25, -0.2) is 4.98 Å². The van der Waals surface area contributed by atoms with Gasteiger partial charge in [-0.15, -0.1) is 0 Å². The van der Waals surface area contributed by atoms with Gasteiger partial charge in [0, 0.05) is 24.9 Å². The fourth-order valence-electron chi connectivity index (χ4n) is 2.85. The lowest BCUT2D eigenvalue weighted by molar-refractivity contribution is 0.500. The van der Waals surface area contributed by atoms with E-state index in [1.165, 1.54) is 30.4 Å². The predicted octanol–water partition coefficient (Wildman–Crippen LogP) is 4.98. The van der Waals surface area contributed by atoms with Crippen LogP contribution in [-0.4, -0.2) is 9.55 Å². The quantitative estimate of drug-likeness (QED) is 0.693. The van der Waals surface area contributed by atoms with Crippen molar-refractivity contribution in [2.45, 2.75) is 58.4 Å². The second kappa shape index (κ2) is 7.28. The summed E-state index contributed by atoms with van der Waals surface area (Å²) in [6.45, 7) is 7.87. The molecule has 1 aromatic carbocycles. The van der Waals surface area contributed by atoms with Gasteiger partial charge in [0.1, 0.15) is 0 Å². The smallest absolute Gasteiger partial charge is 0.0946 e. The Morgan fingerprint density at radius 3 is 2.50 bits per heavy atom. The lowest BCUT2D eigenvalue weighted by Gasteiger charge is -2.22. The maximum Gasteiger partial charge on any atom is 0.0946 e. The highest BCUT2D eigenvalue weighted by Gasteiger charge is 2.16. The molecule has 0 saturated heterocycles. The molecule has 0 fully saturated rings. The Balaban J connectivity index is 2.25. The van der Waals surface area contributed by atoms with Gasteiger partial charge in [0.05, 0.1) is 6.33 Å². The average molecular weight is 270 g/mol. The highest BCUT2D eigenvalue weighted by molar-refractivity contribution is 5.32. The van der Waals surface area contributed by atoms with Gasteiger partial charge in [-0.1, -0.05) is 57.9 Å². The molecular weight excluding hydrogens is 244 g/mol. The Morgan fingerprint density at radius 2 is 1.90 bits per heavy atom. The van der Waals surface area contributed by atoms with Crippen LogP contribution in [0.2, 0.25) is 0 Å². The van der Waals surface area contributed by atoms with Crippen molar-refractivity contribution in [1.82, 2.24) is 9.55 Å². The van der Waals surface area contributed by atoms with E-state index in [2.05, 4.69) is 60.8 Å². The molecule has 0 aliphatic carbocycles. The second-order valence-corrected chi connectivity index (χ2v) is 5.88. The van der Waals surface area contributed by atoms with E-state index in [0.717, 1.165) is 6.54 Å². The Kier molecular flexibility index (Phi) is 5.40. The summed E-state index contributed by atoms with van der Waals surface area (Å²) in [4.78, 5) is 4.17. The first kappa shape index (κ1) is 14.8. The van der Waals surface area contributed by atoms with Crippen LogP contribution >= 0.6 is 0 Å². The summed E-state index contributed by atoms with van der Waals surface area (Å²) in [7, 11) is 0. The van der Waals surface area contributed by atoms with Crippen LogP contribution in [0.4, 0.5) is 0 Å². The third-order valence-corrected chi connectivity index (χ3v) is 3.95. The van der Waals surface area contributed by atoms with E-state index < -0.39 is 0 Å². The highest BCUT2D eigenvalue weighted by Crippen LogP contribution is 2.30. The van der Waals surface area contributed by atoms with Gasteiger partial charge in [0.2, 0.25) is 0 Å². The minimum absolute atomic E-state index is 0.582. The predicted molar refractivity (Wildman–Crippen MR) is 85.0 cm³/mol. The standard InChI is InChI=1S/C18H26N2/c1-4-5-8-16(13-20-12-11-19-14-20)18-10-7-6-9-17(18)15(2)3/h6-7,9-12,14-16H,4-5,8,13H2,1-3H3. The first-order valence-electron chi connectivity index (χ1n) is 7.77. The number of rotatable bonds is 7. The van der Waals surface area contributed by atoms with Gasteiger partial charge in [-0.05, 0) is 23.5 Å². The molecule has 2 nitrogen and oxygen atoms in total. The zero-order valence-electron chi connectivity index (χ0n) is 12.9. The Labute approximate surface area is 122 Å². The summed E-state index contributed by atoms with van der Waals surface area (Å²) in [5, 5.41) is 0. The molecule has 0 saturated carbocycles. The van der Waals surface area contributed by atoms with Crippen molar-refractivity contribution < 1.29 is 0 Å². The molecule has 0 aliphatic rings. The number of aromatic nitrogens is 2. The summed E-state index contributed by atoms with van der Waals surface area (Å²) >= 11 is 0. The van der Waals surface area contributed by atoms with Crippen molar-refractivity contribution in [2.24, 2.45) is 0 Å². The van der Waals surface area contributed by atoms with Crippen molar-refractivity contribution >= 4 is 0 Å². The van der Waals surface area contributed by atoms with E-state index in [-0.39, 0.29) is 0 Å². The number of nitrogens with zero attached hydrogens (tertiary/aromatic N) is 2. The Hall–Kier alpha value is -1.57. The van der Waals surface area contributed by atoms with Gasteiger partial charge in [-0.2, -0.15) is 0 Å². The Morgan fingerprint density at radius 1 is 1.15 bits per heavy atom. The molecule has 1 unspecified atom stereocenters. The maximum atomic E-state index is 4.17. The zero-order valence-corrected chi connectivity index (χ0v) is 12.9. The van der Waals surface area contributed by atoms with E-state index in [0.29, 0.717) is 11.8 Å². The van der Waals surface area contributed by atoms with Gasteiger partial charge >= 0.3 is 0 Å². The second-order valence-electron chi connectivity index (χ2n) is 5.88. The molecule has 1 heterocycles. The minimum Gasteiger partial charge on any atom is -0.337 e. The molecule has 1 atom stereocenters. The number of unbranched alkanes of at least 4 members (excludes halogenated alkanes) is 1. The molecule has 2 rings (SSSR count). The van der Waals surface area contributed by atoms with Crippen LogP contribution in [0.5, 0.6) is 0 Å². The molecule has 20 heavy (non-hydrogen) atoms. The fourth-order valence-corrected chi connectivity index (χ4v) is 2.85. The van der Waals surface area contributed by atoms with Crippen molar-refractivity contribution in [1.29, 1.82) is 0 Å². The fraction of sp³-hybridized carbons (Fsp3) is 0.500. The Bertz CT molecular complexity index is 500. The normalized spacial score (nSPS) is 12.8. The van der Waals surface area contributed by atoms with Crippen molar-refractivity contribution in [3.8, 4) is 0 Å². The number of hydrogen-bond acceptors (Lipinski definition) is 1. The van der Waals surface area contributed by atoms with E-state index in [1.54, 1.807) is 0 Å². The van der Waals surface area contributed by atoms with Crippen LogP contribution < -0.4 is 0 Å². The van der Waals surface area contributed by atoms with Gasteiger partial charge < -0.3 is 4.57 Å². The molecular formula is C18H26N2. The molecule has 1 aromatic heterocycles. The molecule has 0 bridgehead atoms. The van der Waals surface area contributed by atoms with Gasteiger partial charge in [-0.3, -0.25) is 0 Å². The third kappa shape index (κ3) is 3.72. The molecule has 2 aromatic rings. The zero-order chi connectivity index (χ0) is 14.4. The lowest BCUT2D eigenvalue weighted by atomic mass is 9.86. The highest BCUT2D eigenvalue weighted by atomic mass is 15.0. The van der Waals surface area contributed by atoms with Crippen LogP contribution in [0.15, 0.2) is 43.0 Å². The number of imidazole rings is 1. The lowest BCUT2D eigenvalue weighted by Crippen LogP contribution is -2.11. The summed E-state index contributed by atoms with van der Waals surface area (Å²) in [6, 6.07) is 8.93. The van der Waals surface area contributed by atoms with Crippen LogP contribution in [-0.2, 0) is 6.54 Å². The summed E-state index contributed by atoms with van der Waals surface area (Å²) < 4.78 is 2.21. The van der Waals surface area contributed by atoms with Crippen LogP contribution in [0.25, 0.3) is 0 Å². The van der Waals surface area contributed by atoms with E-state index in [1.807, 2.05) is 12.5 Å². The van der Waals surface area contributed by atoms with Crippen molar-refractivity contribution in [3.05, 3.63) is 54.1 Å². The van der Waals surface area contributed by atoms with Crippen molar-refractivity contribution in [3.63, 3.8) is 0 Å². The third-order valence-electron chi connectivity index (χ3n) is 3.95. The average Bonchev–Trinajstić information content (AvgIpc) is 2.96.